The molecule has 0 aliphatic carbocycles. The Labute approximate surface area is 313 Å². The second kappa shape index (κ2) is 22.2. The topological polar surface area (TPSA) is 116 Å². The maximum atomic E-state index is 12.8. The van der Waals surface area contributed by atoms with Crippen molar-refractivity contribution in [3.8, 4) is 0 Å². The van der Waals surface area contributed by atoms with E-state index < -0.39 is 5.97 Å². The third kappa shape index (κ3) is 14.4. The first-order chi connectivity index (χ1) is 25.5. The van der Waals surface area contributed by atoms with Crippen molar-refractivity contribution in [1.29, 1.82) is 0 Å². The van der Waals surface area contributed by atoms with Gasteiger partial charge in [-0.15, -0.1) is 0 Å². The van der Waals surface area contributed by atoms with Gasteiger partial charge < -0.3 is 28.7 Å². The van der Waals surface area contributed by atoms with Crippen LogP contribution in [-0.2, 0) is 27.9 Å². The quantitative estimate of drug-likeness (QED) is 0.106. The first kappa shape index (κ1) is 41.6. The number of esters is 2. The molecule has 3 heterocycles. The molecule has 0 atom stereocenters. The summed E-state index contributed by atoms with van der Waals surface area (Å²) in [5, 5.41) is 9.68. The van der Waals surface area contributed by atoms with Gasteiger partial charge in [-0.05, 0) is 103 Å². The average molecular weight is 795 g/mol. The van der Waals surface area contributed by atoms with Crippen LogP contribution in [0.2, 0.25) is 0 Å². The van der Waals surface area contributed by atoms with E-state index in [4.69, 9.17) is 14.6 Å². The van der Waals surface area contributed by atoms with Crippen molar-refractivity contribution < 1.29 is 42.1 Å². The van der Waals surface area contributed by atoms with E-state index in [9.17, 15) is 27.6 Å². The molecule has 6 aromatic rings. The number of nitrogens with zero attached hydrogens (tertiary/aromatic N) is 2. The fourth-order valence-electron chi connectivity index (χ4n) is 4.50. The molecule has 3 aromatic carbocycles. The first-order valence-electron chi connectivity index (χ1n) is 16.3. The summed E-state index contributed by atoms with van der Waals surface area (Å²) in [4.78, 5) is 36.1. The van der Waals surface area contributed by atoms with Crippen LogP contribution in [0.3, 0.4) is 0 Å². The average Bonchev–Trinajstić information content (AvgIpc) is 3.95. The number of nitrogens with one attached hydrogen (secondary N) is 1. The molecular formula is C40H39BrF3N3O6. The third-order valence-electron chi connectivity index (χ3n) is 7.06. The van der Waals surface area contributed by atoms with E-state index in [2.05, 4.69) is 20.9 Å². The molecule has 0 unspecified atom stereocenters. The number of rotatable bonds is 10. The van der Waals surface area contributed by atoms with E-state index in [0.717, 1.165) is 22.0 Å². The molecule has 0 radical (unpaired) electrons. The zero-order valence-electron chi connectivity index (χ0n) is 29.1. The maximum absolute atomic E-state index is 12.8. The number of halogens is 4. The van der Waals surface area contributed by atoms with E-state index in [0.29, 0.717) is 37.7 Å². The molecule has 0 spiro atoms. The predicted octanol–water partition coefficient (Wildman–Crippen LogP) is 9.14. The van der Waals surface area contributed by atoms with Gasteiger partial charge in [0.15, 0.2) is 0 Å². The van der Waals surface area contributed by atoms with Gasteiger partial charge in [0.25, 0.3) is 0 Å². The minimum absolute atomic E-state index is 0.181. The molecule has 3 aromatic heterocycles. The molecule has 2 N–H and O–H groups in total. The van der Waals surface area contributed by atoms with Crippen LogP contribution in [0, 0.1) is 17.5 Å². The van der Waals surface area contributed by atoms with Gasteiger partial charge in [0.05, 0.1) is 13.2 Å². The molecule has 53 heavy (non-hydrogen) atoms. The predicted molar refractivity (Wildman–Crippen MR) is 199 cm³/mol. The Morgan fingerprint density at radius 2 is 1.06 bits per heavy atom. The minimum Gasteiger partial charge on any atom is -0.477 e. The van der Waals surface area contributed by atoms with Crippen LogP contribution in [-0.4, -0.2) is 50.3 Å². The number of H-pyrrole nitrogens is 1. The molecule has 0 aliphatic heterocycles. The van der Waals surface area contributed by atoms with Crippen molar-refractivity contribution in [3.05, 3.63) is 179 Å². The van der Waals surface area contributed by atoms with Gasteiger partial charge in [0, 0.05) is 37.0 Å². The van der Waals surface area contributed by atoms with Crippen LogP contribution in [0.25, 0.3) is 0 Å². The first-order valence-corrected chi connectivity index (χ1v) is 17.5. The van der Waals surface area contributed by atoms with E-state index in [-0.39, 0.29) is 35.1 Å². The molecule has 0 saturated carbocycles. The van der Waals surface area contributed by atoms with Gasteiger partial charge in [0.2, 0.25) is 0 Å². The molecule has 0 fully saturated rings. The largest absolute Gasteiger partial charge is 0.477 e. The van der Waals surface area contributed by atoms with Gasteiger partial charge in [-0.1, -0.05) is 52.3 Å². The van der Waals surface area contributed by atoms with E-state index in [1.807, 2.05) is 0 Å². The molecule has 9 nitrogen and oxygen atoms in total. The Morgan fingerprint density at radius 1 is 0.623 bits per heavy atom. The lowest BCUT2D eigenvalue weighted by Gasteiger charge is -2.08. The van der Waals surface area contributed by atoms with Crippen molar-refractivity contribution in [3.63, 3.8) is 0 Å². The highest BCUT2D eigenvalue weighted by atomic mass is 79.9. The van der Waals surface area contributed by atoms with Crippen molar-refractivity contribution in [2.75, 3.05) is 13.2 Å². The summed E-state index contributed by atoms with van der Waals surface area (Å²) in [6.07, 6.45) is 5.18. The molecule has 0 aliphatic rings. The second-order valence-corrected chi connectivity index (χ2v) is 11.4. The zero-order valence-corrected chi connectivity index (χ0v) is 30.6. The molecule has 6 rings (SSSR count). The second-order valence-electron chi connectivity index (χ2n) is 10.9. The number of aromatic nitrogens is 3. The van der Waals surface area contributed by atoms with Crippen LogP contribution >= 0.6 is 15.9 Å². The normalized spacial score (nSPS) is 10.0. The number of hydrogen-bond donors (Lipinski definition) is 2. The molecule has 0 amide bonds. The number of aromatic amines is 1. The Balaban J connectivity index is 0.000000198. The number of carboxylic acid groups (broad SMARTS) is 1. The highest BCUT2D eigenvalue weighted by Crippen LogP contribution is 2.11. The number of benzene rings is 3. The van der Waals surface area contributed by atoms with Crippen molar-refractivity contribution in [2.24, 2.45) is 0 Å². The fraction of sp³-hybridized carbons (Fsp3) is 0.175. The zero-order chi connectivity index (χ0) is 38.6. The van der Waals surface area contributed by atoms with E-state index >= 15 is 0 Å². The Bertz CT molecular complexity index is 1980. The molecule has 0 bridgehead atoms. The summed E-state index contributed by atoms with van der Waals surface area (Å²) >= 11 is 3.26. The summed E-state index contributed by atoms with van der Waals surface area (Å²) in [6, 6.07) is 28.8. The molecule has 13 heteroatoms. The SMILES string of the molecule is CCOC(=O)c1ccc[nH]1.CCOC(=O)c1cccn1Cc1ccc(F)cc1.Fc1ccc(CBr)cc1.O=C(O)c1cccn1Cc1ccc(F)cc1. The fourth-order valence-corrected chi connectivity index (χ4v) is 4.87. The standard InChI is InChI=1S/C14H14FNO2.C12H10FNO2.C7H6BrF.C7H9NO2/c1-2-18-14(17)13-4-3-9-16(13)10-11-5-7-12(15)8-6-11;13-10-5-3-9(4-6-10)8-14-7-1-2-11(14)12(15)16;8-5-6-1-3-7(9)4-2-6;1-2-10-7(9)6-4-3-5-8-6/h3-9H,2,10H2,1H3;1-7H,8H2,(H,15,16);1-4H,5H2;3-5,8H,2H2,1H3. The number of carboxylic acids is 1. The number of carbonyl (C=O) groups is 3. The summed E-state index contributed by atoms with van der Waals surface area (Å²) < 4.78 is 50.7. The summed E-state index contributed by atoms with van der Waals surface area (Å²) in [5.74, 6) is -2.35. The van der Waals surface area contributed by atoms with Crippen LogP contribution in [0.15, 0.2) is 128 Å². The van der Waals surface area contributed by atoms with Gasteiger partial charge in [-0.25, -0.2) is 27.6 Å². The number of alkyl halides is 1. The van der Waals surface area contributed by atoms with Gasteiger partial charge in [-0.3, -0.25) is 0 Å². The summed E-state index contributed by atoms with van der Waals surface area (Å²) in [5.41, 5.74) is 4.11. The highest BCUT2D eigenvalue weighted by molar-refractivity contribution is 9.08. The van der Waals surface area contributed by atoms with Gasteiger partial charge in [0.1, 0.15) is 34.5 Å². The van der Waals surface area contributed by atoms with Crippen LogP contribution in [0.4, 0.5) is 13.2 Å². The number of aromatic carboxylic acids is 1. The lowest BCUT2D eigenvalue weighted by Crippen LogP contribution is -2.12. The number of carbonyl (C=O) groups excluding carboxylic acids is 2. The summed E-state index contributed by atoms with van der Waals surface area (Å²) in [6.45, 7) is 5.25. The smallest absolute Gasteiger partial charge is 0.354 e. The molecule has 278 valence electrons. The van der Waals surface area contributed by atoms with Crippen molar-refractivity contribution in [2.45, 2.75) is 32.3 Å². The maximum Gasteiger partial charge on any atom is 0.354 e. The Kier molecular flexibility index (Phi) is 17.4. The lowest BCUT2D eigenvalue weighted by atomic mass is 10.2. The van der Waals surface area contributed by atoms with Crippen LogP contribution in [0.1, 0.15) is 62.0 Å². The Morgan fingerprint density at radius 3 is 1.47 bits per heavy atom. The van der Waals surface area contributed by atoms with Gasteiger partial charge in [-0.2, -0.15) is 0 Å². The minimum atomic E-state index is -0.966. The monoisotopic (exact) mass is 793 g/mol. The van der Waals surface area contributed by atoms with Gasteiger partial charge >= 0.3 is 17.9 Å². The van der Waals surface area contributed by atoms with Crippen LogP contribution in [0.5, 0.6) is 0 Å². The molecule has 0 saturated heterocycles. The van der Waals surface area contributed by atoms with Crippen molar-refractivity contribution >= 4 is 33.8 Å². The van der Waals surface area contributed by atoms with E-state index in [1.165, 1.54) is 42.5 Å². The Hall–Kier alpha value is -5.82. The highest BCUT2D eigenvalue weighted by Gasteiger charge is 2.12. The lowest BCUT2D eigenvalue weighted by molar-refractivity contribution is 0.0507. The summed E-state index contributed by atoms with van der Waals surface area (Å²) in [7, 11) is 0. The van der Waals surface area contributed by atoms with Crippen molar-refractivity contribution in [1.82, 2.24) is 14.1 Å². The van der Waals surface area contributed by atoms with E-state index in [1.54, 1.807) is 108 Å². The number of hydrogen-bond acceptors (Lipinski definition) is 5. The van der Waals surface area contributed by atoms with Crippen LogP contribution < -0.4 is 0 Å². The third-order valence-corrected chi connectivity index (χ3v) is 7.70. The number of ether oxygens (including phenoxy) is 2. The molecular weight excluding hydrogens is 755 g/mol.